The highest BCUT2D eigenvalue weighted by molar-refractivity contribution is 9.10. The zero-order valence-electron chi connectivity index (χ0n) is 9.43. The molecule has 1 unspecified atom stereocenters. The van der Waals surface area contributed by atoms with Gasteiger partial charge in [-0.25, -0.2) is 0 Å². The topological polar surface area (TPSA) is 29.5 Å². The number of aliphatic hydroxyl groups excluding tert-OH is 1. The van der Waals surface area contributed by atoms with Crippen molar-refractivity contribution in [2.24, 2.45) is 0 Å². The SMILES string of the molecule is COc1cccc(C(O)c2ccccc2Br)c1. The Kier molecular flexibility index (Phi) is 3.82. The number of rotatable bonds is 3. The third-order valence-electron chi connectivity index (χ3n) is 2.61. The van der Waals surface area contributed by atoms with Crippen molar-refractivity contribution < 1.29 is 9.84 Å². The Labute approximate surface area is 109 Å². The van der Waals surface area contributed by atoms with Gasteiger partial charge in [-0.05, 0) is 29.3 Å². The van der Waals surface area contributed by atoms with E-state index in [2.05, 4.69) is 15.9 Å². The summed E-state index contributed by atoms with van der Waals surface area (Å²) in [4.78, 5) is 0. The molecule has 0 aliphatic heterocycles. The standard InChI is InChI=1S/C14H13BrO2/c1-17-11-6-4-5-10(9-11)14(16)12-7-2-3-8-13(12)15/h2-9,14,16H,1H3. The van der Waals surface area contributed by atoms with E-state index in [4.69, 9.17) is 4.74 Å². The van der Waals surface area contributed by atoms with Crippen LogP contribution in [0.15, 0.2) is 53.0 Å². The van der Waals surface area contributed by atoms with Crippen molar-refractivity contribution >= 4 is 15.9 Å². The maximum Gasteiger partial charge on any atom is 0.119 e. The fourth-order valence-electron chi connectivity index (χ4n) is 1.69. The Bertz CT molecular complexity index is 511. The highest BCUT2D eigenvalue weighted by atomic mass is 79.9. The smallest absolute Gasteiger partial charge is 0.119 e. The summed E-state index contributed by atoms with van der Waals surface area (Å²) in [6.07, 6.45) is -0.652. The lowest BCUT2D eigenvalue weighted by Crippen LogP contribution is -2.00. The van der Waals surface area contributed by atoms with E-state index in [0.717, 1.165) is 21.3 Å². The Balaban J connectivity index is 2.37. The highest BCUT2D eigenvalue weighted by Gasteiger charge is 2.13. The van der Waals surface area contributed by atoms with Gasteiger partial charge in [0.05, 0.1) is 7.11 Å². The molecule has 2 nitrogen and oxygen atoms in total. The van der Waals surface area contributed by atoms with Gasteiger partial charge in [0, 0.05) is 4.47 Å². The minimum absolute atomic E-state index is 0.652. The monoisotopic (exact) mass is 292 g/mol. The number of aliphatic hydroxyl groups is 1. The van der Waals surface area contributed by atoms with E-state index in [1.165, 1.54) is 0 Å². The molecule has 0 saturated carbocycles. The third kappa shape index (κ3) is 2.68. The lowest BCUT2D eigenvalue weighted by atomic mass is 10.0. The van der Waals surface area contributed by atoms with Gasteiger partial charge in [-0.3, -0.25) is 0 Å². The van der Waals surface area contributed by atoms with Crippen molar-refractivity contribution in [2.45, 2.75) is 6.10 Å². The predicted molar refractivity (Wildman–Crippen MR) is 71.2 cm³/mol. The van der Waals surface area contributed by atoms with E-state index in [-0.39, 0.29) is 0 Å². The molecule has 88 valence electrons. The highest BCUT2D eigenvalue weighted by Crippen LogP contribution is 2.29. The molecule has 2 aromatic carbocycles. The second kappa shape index (κ2) is 5.34. The van der Waals surface area contributed by atoms with Gasteiger partial charge in [-0.1, -0.05) is 46.3 Å². The molecule has 2 aromatic rings. The van der Waals surface area contributed by atoms with Gasteiger partial charge in [0.2, 0.25) is 0 Å². The molecule has 0 aliphatic carbocycles. The van der Waals surface area contributed by atoms with Gasteiger partial charge in [0.15, 0.2) is 0 Å². The van der Waals surface area contributed by atoms with Crippen LogP contribution in [-0.2, 0) is 0 Å². The molecule has 1 atom stereocenters. The molecule has 0 spiro atoms. The van der Waals surface area contributed by atoms with Gasteiger partial charge in [0.1, 0.15) is 11.9 Å². The first-order chi connectivity index (χ1) is 8.22. The average molecular weight is 293 g/mol. The van der Waals surface area contributed by atoms with E-state index >= 15 is 0 Å². The van der Waals surface area contributed by atoms with Crippen LogP contribution in [0.25, 0.3) is 0 Å². The van der Waals surface area contributed by atoms with Crippen molar-refractivity contribution in [1.82, 2.24) is 0 Å². The molecule has 1 N–H and O–H groups in total. The van der Waals surface area contributed by atoms with Crippen LogP contribution < -0.4 is 4.74 Å². The number of methoxy groups -OCH3 is 1. The molecule has 0 bridgehead atoms. The second-order valence-corrected chi connectivity index (χ2v) is 4.56. The van der Waals surface area contributed by atoms with Gasteiger partial charge < -0.3 is 9.84 Å². The van der Waals surface area contributed by atoms with Crippen LogP contribution in [0.2, 0.25) is 0 Å². The first kappa shape index (κ1) is 12.1. The minimum atomic E-state index is -0.652. The summed E-state index contributed by atoms with van der Waals surface area (Å²) in [6, 6.07) is 15.1. The fourth-order valence-corrected chi connectivity index (χ4v) is 2.19. The fraction of sp³-hybridized carbons (Fsp3) is 0.143. The number of hydrogen-bond acceptors (Lipinski definition) is 2. The summed E-state index contributed by atoms with van der Waals surface area (Å²) in [6.45, 7) is 0. The van der Waals surface area contributed by atoms with E-state index < -0.39 is 6.10 Å². The van der Waals surface area contributed by atoms with Crippen LogP contribution in [0, 0.1) is 0 Å². The van der Waals surface area contributed by atoms with Crippen LogP contribution in [0.4, 0.5) is 0 Å². The molecule has 0 amide bonds. The molecule has 0 heterocycles. The van der Waals surface area contributed by atoms with Gasteiger partial charge in [0.25, 0.3) is 0 Å². The maximum absolute atomic E-state index is 10.3. The van der Waals surface area contributed by atoms with Crippen molar-refractivity contribution in [1.29, 1.82) is 0 Å². The Hall–Kier alpha value is -1.32. The van der Waals surface area contributed by atoms with Crippen LogP contribution in [0.3, 0.4) is 0 Å². The normalized spacial score (nSPS) is 12.2. The van der Waals surface area contributed by atoms with E-state index in [9.17, 15) is 5.11 Å². The lowest BCUT2D eigenvalue weighted by molar-refractivity contribution is 0.219. The molecule has 0 saturated heterocycles. The van der Waals surface area contributed by atoms with Crippen molar-refractivity contribution in [3.8, 4) is 5.75 Å². The van der Waals surface area contributed by atoms with Gasteiger partial charge >= 0.3 is 0 Å². The van der Waals surface area contributed by atoms with Gasteiger partial charge in [-0.15, -0.1) is 0 Å². The predicted octanol–water partition coefficient (Wildman–Crippen LogP) is 3.54. The van der Waals surface area contributed by atoms with Crippen molar-refractivity contribution in [2.75, 3.05) is 7.11 Å². The van der Waals surface area contributed by atoms with Gasteiger partial charge in [-0.2, -0.15) is 0 Å². The number of ether oxygens (including phenoxy) is 1. The Morgan fingerprint density at radius 1 is 1.12 bits per heavy atom. The largest absolute Gasteiger partial charge is 0.497 e. The molecule has 17 heavy (non-hydrogen) atoms. The molecular formula is C14H13BrO2. The summed E-state index contributed by atoms with van der Waals surface area (Å²) in [5.74, 6) is 0.744. The molecule has 0 fully saturated rings. The Morgan fingerprint density at radius 3 is 2.59 bits per heavy atom. The lowest BCUT2D eigenvalue weighted by Gasteiger charge is -2.14. The molecule has 0 radical (unpaired) electrons. The summed E-state index contributed by atoms with van der Waals surface area (Å²) in [5, 5.41) is 10.3. The van der Waals surface area contributed by atoms with E-state index in [0.29, 0.717) is 0 Å². The van der Waals surface area contributed by atoms with Crippen LogP contribution in [0.1, 0.15) is 17.2 Å². The zero-order chi connectivity index (χ0) is 12.3. The van der Waals surface area contributed by atoms with Crippen LogP contribution in [-0.4, -0.2) is 12.2 Å². The van der Waals surface area contributed by atoms with Crippen molar-refractivity contribution in [3.63, 3.8) is 0 Å². The first-order valence-electron chi connectivity index (χ1n) is 5.29. The number of hydrogen-bond donors (Lipinski definition) is 1. The molecule has 2 rings (SSSR count). The number of benzene rings is 2. The minimum Gasteiger partial charge on any atom is -0.497 e. The molecular weight excluding hydrogens is 280 g/mol. The van der Waals surface area contributed by atoms with E-state index in [1.54, 1.807) is 7.11 Å². The average Bonchev–Trinajstić information content (AvgIpc) is 2.38. The van der Waals surface area contributed by atoms with Crippen LogP contribution >= 0.6 is 15.9 Å². The first-order valence-corrected chi connectivity index (χ1v) is 6.08. The summed E-state index contributed by atoms with van der Waals surface area (Å²) in [7, 11) is 1.62. The summed E-state index contributed by atoms with van der Waals surface area (Å²) in [5.41, 5.74) is 1.66. The quantitative estimate of drug-likeness (QED) is 0.938. The molecule has 0 aliphatic rings. The third-order valence-corrected chi connectivity index (χ3v) is 3.33. The van der Waals surface area contributed by atoms with E-state index in [1.807, 2.05) is 48.5 Å². The second-order valence-electron chi connectivity index (χ2n) is 3.70. The number of halogens is 1. The van der Waals surface area contributed by atoms with Crippen LogP contribution in [0.5, 0.6) is 5.75 Å². The summed E-state index contributed by atoms with van der Waals surface area (Å²) < 4.78 is 6.05. The van der Waals surface area contributed by atoms with Crippen molar-refractivity contribution in [3.05, 3.63) is 64.1 Å². The molecule has 0 aromatic heterocycles. The zero-order valence-corrected chi connectivity index (χ0v) is 11.0. The maximum atomic E-state index is 10.3. The molecule has 3 heteroatoms. The Morgan fingerprint density at radius 2 is 1.88 bits per heavy atom. The summed E-state index contributed by atoms with van der Waals surface area (Å²) >= 11 is 3.44.